The second-order valence-corrected chi connectivity index (χ2v) is 10.8. The Balaban J connectivity index is 2.28. The predicted octanol–water partition coefficient (Wildman–Crippen LogP) is 5.47. The summed E-state index contributed by atoms with van der Waals surface area (Å²) in [6, 6.07) is 13.2. The van der Waals surface area contributed by atoms with Gasteiger partial charge in [-0.15, -0.1) is 5.06 Å². The molecule has 1 heterocycles. The van der Waals surface area contributed by atoms with Crippen LogP contribution in [-0.2, 0) is 10.8 Å². The number of hydrogen-bond acceptors (Lipinski definition) is 4. The summed E-state index contributed by atoms with van der Waals surface area (Å²) in [5, 5.41) is 36.8. The summed E-state index contributed by atoms with van der Waals surface area (Å²) in [5.41, 5.74) is 1.95. The molecule has 2 aromatic rings. The Morgan fingerprint density at radius 3 is 1.83 bits per heavy atom. The predicted molar refractivity (Wildman–Crippen MR) is 120 cm³/mol. The molecule has 2 N–H and O–H groups in total. The molecule has 0 saturated heterocycles. The van der Waals surface area contributed by atoms with Crippen LogP contribution in [0.1, 0.15) is 83.8 Å². The van der Waals surface area contributed by atoms with Crippen LogP contribution >= 0.6 is 0 Å². The second-order valence-electron chi connectivity index (χ2n) is 10.8. The van der Waals surface area contributed by atoms with Gasteiger partial charge in [0, 0.05) is 22.3 Å². The van der Waals surface area contributed by atoms with Crippen molar-refractivity contribution in [1.29, 1.82) is 0 Å². The van der Waals surface area contributed by atoms with Gasteiger partial charge in [0.1, 0.15) is 11.3 Å². The van der Waals surface area contributed by atoms with Crippen molar-refractivity contribution >= 4 is 5.71 Å². The molecule has 30 heavy (non-hydrogen) atoms. The zero-order valence-electron chi connectivity index (χ0n) is 19.3. The van der Waals surface area contributed by atoms with Crippen molar-refractivity contribution in [2.24, 2.45) is 0 Å². The van der Waals surface area contributed by atoms with Crippen LogP contribution in [0.2, 0.25) is 0 Å². The Hall–Kier alpha value is -2.37. The molecule has 5 heteroatoms. The quantitative estimate of drug-likeness (QED) is 0.509. The molecular weight excluding hydrogens is 376 g/mol. The molecule has 162 valence electrons. The summed E-state index contributed by atoms with van der Waals surface area (Å²) in [7, 11) is 0. The average molecular weight is 411 g/mol. The fourth-order valence-electron chi connectivity index (χ4n) is 4.21. The summed E-state index contributed by atoms with van der Waals surface area (Å²) in [6.45, 7) is 15.9. The van der Waals surface area contributed by atoms with Crippen molar-refractivity contribution in [2.45, 2.75) is 77.9 Å². The largest absolute Gasteiger partial charge is 0.622 e. The van der Waals surface area contributed by atoms with Gasteiger partial charge in [0.2, 0.25) is 5.71 Å². The topological polar surface area (TPSA) is 69.8 Å². The SMILES string of the molecule is CC(C)(C)c1cc(C2N(O)C(C)(C)C(c3ccccc3)=[N+]2[O-])cc(C(C)(C)C)c1O. The van der Waals surface area contributed by atoms with E-state index in [2.05, 4.69) is 0 Å². The van der Waals surface area contributed by atoms with Crippen molar-refractivity contribution in [3.8, 4) is 5.75 Å². The van der Waals surface area contributed by atoms with E-state index in [1.54, 1.807) is 0 Å². The minimum atomic E-state index is -0.905. The maximum Gasteiger partial charge on any atom is 0.268 e. The number of nitrogens with zero attached hydrogens (tertiary/aromatic N) is 2. The average Bonchev–Trinajstić information content (AvgIpc) is 2.79. The molecule has 1 aliphatic rings. The van der Waals surface area contributed by atoms with E-state index in [4.69, 9.17) is 0 Å². The Morgan fingerprint density at radius 2 is 1.40 bits per heavy atom. The molecule has 0 aliphatic carbocycles. The highest BCUT2D eigenvalue weighted by molar-refractivity contribution is 6.04. The first-order chi connectivity index (χ1) is 13.7. The Labute approximate surface area is 179 Å². The molecule has 3 rings (SSSR count). The Morgan fingerprint density at radius 1 is 0.933 bits per heavy atom. The van der Waals surface area contributed by atoms with E-state index in [1.807, 2.05) is 97.9 Å². The van der Waals surface area contributed by atoms with Crippen LogP contribution in [0.5, 0.6) is 5.75 Å². The van der Waals surface area contributed by atoms with E-state index in [-0.39, 0.29) is 16.6 Å². The molecule has 0 saturated carbocycles. The maximum absolute atomic E-state index is 13.6. The lowest BCUT2D eigenvalue weighted by atomic mass is 9.78. The van der Waals surface area contributed by atoms with Crippen molar-refractivity contribution in [3.05, 3.63) is 69.9 Å². The van der Waals surface area contributed by atoms with Gasteiger partial charge < -0.3 is 15.5 Å². The van der Waals surface area contributed by atoms with Gasteiger partial charge in [-0.05, 0) is 48.9 Å². The number of benzene rings is 2. The molecule has 1 unspecified atom stereocenters. The van der Waals surface area contributed by atoms with Crippen molar-refractivity contribution in [2.75, 3.05) is 0 Å². The fourth-order valence-corrected chi connectivity index (χ4v) is 4.21. The van der Waals surface area contributed by atoms with E-state index in [1.165, 1.54) is 0 Å². The highest BCUT2D eigenvalue weighted by Gasteiger charge is 2.53. The number of hydrogen-bond donors (Lipinski definition) is 2. The third-order valence-electron chi connectivity index (χ3n) is 5.92. The molecule has 0 bridgehead atoms. The molecule has 0 spiro atoms. The van der Waals surface area contributed by atoms with Crippen molar-refractivity contribution in [1.82, 2.24) is 5.06 Å². The molecule has 0 fully saturated rings. The zero-order chi connectivity index (χ0) is 22.6. The number of rotatable bonds is 2. The van der Waals surface area contributed by atoms with Gasteiger partial charge in [-0.1, -0.05) is 59.7 Å². The smallest absolute Gasteiger partial charge is 0.268 e. The minimum absolute atomic E-state index is 0.255. The molecule has 0 aromatic heterocycles. The second kappa shape index (κ2) is 7.10. The zero-order valence-corrected chi connectivity index (χ0v) is 19.3. The third kappa shape index (κ3) is 3.61. The Kier molecular flexibility index (Phi) is 5.28. The maximum atomic E-state index is 13.6. The van der Waals surface area contributed by atoms with Crippen LogP contribution in [-0.4, -0.2) is 31.4 Å². The molecule has 1 aliphatic heterocycles. The number of hydroxylamine groups is 3. The highest BCUT2D eigenvalue weighted by Crippen LogP contribution is 2.44. The molecule has 5 nitrogen and oxygen atoms in total. The van der Waals surface area contributed by atoms with Gasteiger partial charge in [0.25, 0.3) is 6.17 Å². The fraction of sp³-hybridized carbons (Fsp3) is 0.480. The minimum Gasteiger partial charge on any atom is -0.622 e. The third-order valence-corrected chi connectivity index (χ3v) is 5.92. The summed E-state index contributed by atoms with van der Waals surface area (Å²) >= 11 is 0. The van der Waals surface area contributed by atoms with E-state index in [9.17, 15) is 15.5 Å². The van der Waals surface area contributed by atoms with Crippen LogP contribution in [0.25, 0.3) is 0 Å². The molecule has 1 atom stereocenters. The highest BCUT2D eigenvalue weighted by atomic mass is 16.5. The van der Waals surface area contributed by atoms with Gasteiger partial charge in [0.05, 0.1) is 0 Å². The van der Waals surface area contributed by atoms with E-state index in [0.717, 1.165) is 26.5 Å². The standard InChI is InChI=1S/C25H34N2O3/c1-23(2,3)18-14-17(15-19(20(18)28)24(4,5)6)22-26(29)21(25(7,8)27(22)30)16-12-10-9-11-13-16/h9-15,22,28,30H,1-8H3. The lowest BCUT2D eigenvalue weighted by Crippen LogP contribution is -2.44. The van der Waals surface area contributed by atoms with Crippen LogP contribution in [0.3, 0.4) is 0 Å². The normalized spacial score (nSPS) is 20.1. The monoisotopic (exact) mass is 410 g/mol. The van der Waals surface area contributed by atoms with Crippen molar-refractivity contribution in [3.63, 3.8) is 0 Å². The van der Waals surface area contributed by atoms with Crippen LogP contribution in [0.4, 0.5) is 0 Å². The van der Waals surface area contributed by atoms with Gasteiger partial charge in [-0.2, -0.15) is 4.74 Å². The summed E-state index contributed by atoms with van der Waals surface area (Å²) < 4.78 is 0.903. The molecule has 2 aromatic carbocycles. The van der Waals surface area contributed by atoms with Crippen LogP contribution < -0.4 is 0 Å². The van der Waals surface area contributed by atoms with E-state index < -0.39 is 11.7 Å². The van der Waals surface area contributed by atoms with Gasteiger partial charge in [-0.25, -0.2) is 0 Å². The molecule has 0 amide bonds. The van der Waals surface area contributed by atoms with Crippen LogP contribution in [0.15, 0.2) is 42.5 Å². The first-order valence-electron chi connectivity index (χ1n) is 10.4. The van der Waals surface area contributed by atoms with Crippen molar-refractivity contribution < 1.29 is 15.1 Å². The number of phenols is 1. The van der Waals surface area contributed by atoms with E-state index in [0.29, 0.717) is 11.3 Å². The van der Waals surface area contributed by atoms with Gasteiger partial charge in [-0.3, -0.25) is 0 Å². The number of phenolic OH excluding ortho intramolecular Hbond substituents is 1. The summed E-state index contributed by atoms with van der Waals surface area (Å²) in [5.74, 6) is 0.255. The molecular formula is C25H34N2O3. The summed E-state index contributed by atoms with van der Waals surface area (Å²) in [6.07, 6.45) is -0.905. The lowest BCUT2D eigenvalue weighted by molar-refractivity contribution is -0.544. The first-order valence-corrected chi connectivity index (χ1v) is 10.4. The van der Waals surface area contributed by atoms with Gasteiger partial charge in [0.15, 0.2) is 0 Å². The lowest BCUT2D eigenvalue weighted by Gasteiger charge is -2.30. The van der Waals surface area contributed by atoms with E-state index >= 15 is 0 Å². The molecule has 0 radical (unpaired) electrons. The van der Waals surface area contributed by atoms with Crippen LogP contribution in [0, 0.1) is 5.21 Å². The Bertz CT molecular complexity index is 945. The first kappa shape index (κ1) is 22.3. The van der Waals surface area contributed by atoms with Gasteiger partial charge >= 0.3 is 0 Å². The number of aromatic hydroxyl groups is 1. The summed E-state index contributed by atoms with van der Waals surface area (Å²) in [4.78, 5) is 0.